The van der Waals surface area contributed by atoms with E-state index in [4.69, 9.17) is 21.4 Å². The first-order valence-corrected chi connectivity index (χ1v) is 9.59. The quantitative estimate of drug-likeness (QED) is 0.533. The van der Waals surface area contributed by atoms with Crippen LogP contribution in [0.1, 0.15) is 23.1 Å². The van der Waals surface area contributed by atoms with Gasteiger partial charge >= 0.3 is 5.97 Å². The molecule has 0 aliphatic rings. The number of aryl methyl sites for hydroxylation is 1. The highest BCUT2D eigenvalue weighted by Crippen LogP contribution is 2.31. The second kappa shape index (κ2) is 8.67. The molecule has 0 atom stereocenters. The van der Waals surface area contributed by atoms with E-state index in [1.54, 1.807) is 17.5 Å². The first-order chi connectivity index (χ1) is 13.4. The molecule has 1 aromatic heterocycles. The molecule has 8 heteroatoms. The highest BCUT2D eigenvalue weighted by Gasteiger charge is 2.19. The Kier molecular flexibility index (Phi) is 6.26. The van der Waals surface area contributed by atoms with E-state index in [2.05, 4.69) is 4.37 Å². The Labute approximate surface area is 169 Å². The lowest BCUT2D eigenvalue weighted by molar-refractivity contribution is -0.136. The summed E-state index contributed by atoms with van der Waals surface area (Å²) in [5.74, 6) is -3.19. The fourth-order valence-corrected chi connectivity index (χ4v) is 3.55. The zero-order valence-corrected chi connectivity index (χ0v) is 16.4. The molecule has 3 aromatic rings. The van der Waals surface area contributed by atoms with Crippen LogP contribution in [0.2, 0.25) is 5.02 Å². The van der Waals surface area contributed by atoms with Gasteiger partial charge in [0.2, 0.25) is 0 Å². The summed E-state index contributed by atoms with van der Waals surface area (Å²) >= 11 is 7.12. The average Bonchev–Trinajstić information content (AvgIpc) is 3.12. The van der Waals surface area contributed by atoms with E-state index in [0.29, 0.717) is 21.8 Å². The molecule has 0 saturated carbocycles. The van der Waals surface area contributed by atoms with Gasteiger partial charge in [-0.15, -0.1) is 0 Å². The second-order valence-electron chi connectivity index (χ2n) is 6.16. The van der Waals surface area contributed by atoms with Gasteiger partial charge in [-0.1, -0.05) is 23.7 Å². The minimum absolute atomic E-state index is 0.0461. The molecule has 0 unspecified atom stereocenters. The van der Waals surface area contributed by atoms with Crippen LogP contribution >= 0.6 is 23.1 Å². The molecule has 0 spiro atoms. The summed E-state index contributed by atoms with van der Waals surface area (Å²) in [7, 11) is 0. The number of hydrogen-bond acceptors (Lipinski definition) is 4. The van der Waals surface area contributed by atoms with Crippen LogP contribution in [-0.2, 0) is 17.8 Å². The van der Waals surface area contributed by atoms with Crippen molar-refractivity contribution < 1.29 is 23.4 Å². The fraction of sp³-hybridized carbons (Fsp3) is 0.200. The minimum atomic E-state index is -1.03. The Hall–Kier alpha value is -2.51. The first-order valence-electron chi connectivity index (χ1n) is 8.38. The summed E-state index contributed by atoms with van der Waals surface area (Å²) in [6, 6.07) is 8.22. The summed E-state index contributed by atoms with van der Waals surface area (Å²) in [6.45, 7) is 1.42. The molecule has 3 rings (SSSR count). The van der Waals surface area contributed by atoms with Gasteiger partial charge in [-0.25, -0.2) is 8.78 Å². The number of rotatable bonds is 7. The predicted molar refractivity (Wildman–Crippen MR) is 104 cm³/mol. The van der Waals surface area contributed by atoms with E-state index >= 15 is 0 Å². The third-order valence-electron chi connectivity index (χ3n) is 4.27. The fourth-order valence-electron chi connectivity index (χ4n) is 2.73. The number of carbonyl (C=O) groups is 1. The monoisotopic (exact) mass is 423 g/mol. The van der Waals surface area contributed by atoms with Crippen LogP contribution in [-0.4, -0.2) is 15.4 Å². The van der Waals surface area contributed by atoms with Crippen molar-refractivity contribution in [2.45, 2.75) is 26.4 Å². The third kappa shape index (κ3) is 4.48. The molecule has 146 valence electrons. The SMILES string of the molecule is Cc1c(CCC(=O)O)cc(F)c(OCc2csnc2-c2ccc(Cl)cc2)c1F. The number of halogens is 3. The van der Waals surface area contributed by atoms with Crippen molar-refractivity contribution in [1.29, 1.82) is 0 Å². The lowest BCUT2D eigenvalue weighted by atomic mass is 10.0. The van der Waals surface area contributed by atoms with E-state index in [1.807, 2.05) is 12.1 Å². The van der Waals surface area contributed by atoms with E-state index < -0.39 is 23.4 Å². The Morgan fingerprint density at radius 3 is 2.64 bits per heavy atom. The lowest BCUT2D eigenvalue weighted by Crippen LogP contribution is -2.06. The van der Waals surface area contributed by atoms with Crippen molar-refractivity contribution >= 4 is 29.1 Å². The van der Waals surface area contributed by atoms with Gasteiger partial charge in [0.15, 0.2) is 17.4 Å². The van der Waals surface area contributed by atoms with Gasteiger partial charge in [0.1, 0.15) is 6.61 Å². The number of benzene rings is 2. The minimum Gasteiger partial charge on any atom is -0.483 e. The summed E-state index contributed by atoms with van der Waals surface area (Å²) in [4.78, 5) is 10.7. The van der Waals surface area contributed by atoms with E-state index in [9.17, 15) is 13.6 Å². The molecule has 0 saturated heterocycles. The number of nitrogens with zero attached hydrogens (tertiary/aromatic N) is 1. The van der Waals surface area contributed by atoms with Gasteiger partial charge in [-0.3, -0.25) is 4.79 Å². The van der Waals surface area contributed by atoms with E-state index in [0.717, 1.165) is 11.6 Å². The predicted octanol–water partition coefficient (Wildman–Crippen LogP) is 5.65. The largest absolute Gasteiger partial charge is 0.483 e. The van der Waals surface area contributed by atoms with Crippen molar-refractivity contribution in [3.63, 3.8) is 0 Å². The van der Waals surface area contributed by atoms with E-state index in [-0.39, 0.29) is 25.0 Å². The second-order valence-corrected chi connectivity index (χ2v) is 7.23. The van der Waals surface area contributed by atoms with Crippen LogP contribution in [0.5, 0.6) is 5.75 Å². The number of aliphatic carboxylic acids is 1. The van der Waals surface area contributed by atoms with Crippen LogP contribution < -0.4 is 4.74 Å². The molecule has 0 bridgehead atoms. The topological polar surface area (TPSA) is 59.4 Å². The number of ether oxygens (including phenoxy) is 1. The van der Waals surface area contributed by atoms with Gasteiger partial charge in [0, 0.05) is 28.0 Å². The molecule has 1 N–H and O–H groups in total. The maximum Gasteiger partial charge on any atom is 0.303 e. The van der Waals surface area contributed by atoms with Crippen LogP contribution in [0.4, 0.5) is 8.78 Å². The molecule has 0 radical (unpaired) electrons. The zero-order chi connectivity index (χ0) is 20.3. The Bertz CT molecular complexity index is 1010. The van der Waals surface area contributed by atoms with Crippen molar-refractivity contribution in [1.82, 2.24) is 4.37 Å². The molecular weight excluding hydrogens is 408 g/mol. The standard InChI is InChI=1S/C20H16ClF2NO3S/c1-11-13(4-7-17(25)26)8-16(22)20(18(11)23)27-9-14-10-28-24-19(14)12-2-5-15(21)6-3-12/h2-3,5-6,8,10H,4,7,9H2,1H3,(H,25,26). The highest BCUT2D eigenvalue weighted by atomic mass is 35.5. The smallest absolute Gasteiger partial charge is 0.303 e. The Morgan fingerprint density at radius 2 is 1.96 bits per heavy atom. The molecule has 0 aliphatic heterocycles. The third-order valence-corrected chi connectivity index (χ3v) is 5.20. The number of hydrogen-bond donors (Lipinski definition) is 1. The maximum atomic E-state index is 14.6. The van der Waals surface area contributed by atoms with Crippen LogP contribution in [0.25, 0.3) is 11.3 Å². The van der Waals surface area contributed by atoms with Gasteiger partial charge in [0.25, 0.3) is 0 Å². The summed E-state index contributed by atoms with van der Waals surface area (Å²) in [5.41, 5.74) is 2.67. The van der Waals surface area contributed by atoms with Crippen LogP contribution in [0.15, 0.2) is 35.7 Å². The van der Waals surface area contributed by atoms with Gasteiger partial charge in [0.05, 0.1) is 5.69 Å². The van der Waals surface area contributed by atoms with E-state index in [1.165, 1.54) is 18.5 Å². The Balaban J connectivity index is 1.80. The molecule has 2 aromatic carbocycles. The highest BCUT2D eigenvalue weighted by molar-refractivity contribution is 7.04. The summed E-state index contributed by atoms with van der Waals surface area (Å²) in [6.07, 6.45) is -0.157. The molecule has 1 heterocycles. The van der Waals surface area contributed by atoms with Crippen molar-refractivity contribution in [3.05, 3.63) is 69.1 Å². The van der Waals surface area contributed by atoms with Gasteiger partial charge in [-0.2, -0.15) is 4.37 Å². The molecule has 28 heavy (non-hydrogen) atoms. The lowest BCUT2D eigenvalue weighted by Gasteiger charge is -2.13. The van der Waals surface area contributed by atoms with Crippen LogP contribution in [0.3, 0.4) is 0 Å². The maximum absolute atomic E-state index is 14.6. The average molecular weight is 424 g/mol. The molecule has 0 aliphatic carbocycles. The van der Waals surface area contributed by atoms with Crippen molar-refractivity contribution in [2.24, 2.45) is 0 Å². The zero-order valence-electron chi connectivity index (χ0n) is 14.8. The molecule has 0 amide bonds. The van der Waals surface area contributed by atoms with Gasteiger partial charge < -0.3 is 9.84 Å². The van der Waals surface area contributed by atoms with Gasteiger partial charge in [-0.05, 0) is 54.2 Å². The Morgan fingerprint density at radius 1 is 1.25 bits per heavy atom. The first kappa shape index (κ1) is 20.2. The summed E-state index contributed by atoms with van der Waals surface area (Å²) in [5, 5.41) is 11.1. The number of aromatic nitrogens is 1. The van der Waals surface area contributed by atoms with Crippen molar-refractivity contribution in [2.75, 3.05) is 0 Å². The normalized spacial score (nSPS) is 10.9. The van der Waals surface area contributed by atoms with Crippen molar-refractivity contribution in [3.8, 4) is 17.0 Å². The summed E-state index contributed by atoms with van der Waals surface area (Å²) < 4.78 is 38.7. The molecule has 4 nitrogen and oxygen atoms in total. The molecular formula is C20H16ClF2NO3S. The van der Waals surface area contributed by atoms with Crippen LogP contribution in [0, 0.1) is 18.6 Å². The number of carboxylic acid groups (broad SMARTS) is 1. The molecule has 0 fully saturated rings. The number of carboxylic acids is 1.